The minimum Gasteiger partial charge on any atom is -0.496 e. The van der Waals surface area contributed by atoms with Crippen molar-refractivity contribution >= 4 is 17.5 Å². The van der Waals surface area contributed by atoms with Crippen LogP contribution in [0.4, 0.5) is 0 Å². The molecule has 0 heterocycles. The van der Waals surface area contributed by atoms with Crippen molar-refractivity contribution in [1.82, 2.24) is 5.32 Å². The summed E-state index contributed by atoms with van der Waals surface area (Å²) in [5, 5.41) is 3.85. The van der Waals surface area contributed by atoms with E-state index in [1.54, 1.807) is 7.11 Å². The third-order valence-electron chi connectivity index (χ3n) is 4.55. The maximum absolute atomic E-state index is 12.4. The van der Waals surface area contributed by atoms with Crippen molar-refractivity contribution in [2.24, 2.45) is 0 Å². The molecule has 0 spiro atoms. The molecule has 1 aliphatic carbocycles. The number of halogens is 1. The molecule has 2 rings (SSSR count). The van der Waals surface area contributed by atoms with Crippen LogP contribution in [0, 0.1) is 0 Å². The number of likely N-dealkylation sites (N-methyl/N-ethyl adjacent to an activating group) is 1. The normalized spacial score (nSPS) is 18.0. The molecule has 0 radical (unpaired) electrons. The van der Waals surface area contributed by atoms with Gasteiger partial charge in [0.2, 0.25) is 0 Å². The highest BCUT2D eigenvalue weighted by Crippen LogP contribution is 2.22. The fourth-order valence-corrected chi connectivity index (χ4v) is 3.15. The number of carbonyl (C=O) groups is 1. The van der Waals surface area contributed by atoms with E-state index in [1.807, 2.05) is 32.2 Å². The van der Waals surface area contributed by atoms with Crippen molar-refractivity contribution in [2.45, 2.75) is 51.2 Å². The van der Waals surface area contributed by atoms with Gasteiger partial charge in [0.05, 0.1) is 14.2 Å². The Balaban J connectivity index is 1.96. The minimum atomic E-state index is -0.107. The highest BCUT2D eigenvalue weighted by molar-refractivity contribution is 6.30. The van der Waals surface area contributed by atoms with Crippen LogP contribution in [-0.2, 0) is 11.3 Å². The average molecular weight is 326 g/mol. The van der Waals surface area contributed by atoms with Crippen molar-refractivity contribution in [3.05, 3.63) is 28.8 Å². The molecule has 1 amide bonds. The SMILES string of the molecule is COc1ccc(Cl)cc1C[NH+](C)[C@@H](C)C(=O)NC1CCCC1. The Morgan fingerprint density at radius 2 is 2.14 bits per heavy atom. The van der Waals surface area contributed by atoms with Crippen molar-refractivity contribution in [3.63, 3.8) is 0 Å². The highest BCUT2D eigenvalue weighted by atomic mass is 35.5. The van der Waals surface area contributed by atoms with Gasteiger partial charge < -0.3 is 15.0 Å². The summed E-state index contributed by atoms with van der Waals surface area (Å²) in [7, 11) is 3.68. The second-order valence-electron chi connectivity index (χ2n) is 6.19. The highest BCUT2D eigenvalue weighted by Gasteiger charge is 2.26. The van der Waals surface area contributed by atoms with Crippen LogP contribution in [-0.4, -0.2) is 32.1 Å². The van der Waals surface area contributed by atoms with Gasteiger partial charge in [0.1, 0.15) is 12.3 Å². The lowest BCUT2D eigenvalue weighted by molar-refractivity contribution is -0.908. The Morgan fingerprint density at radius 3 is 2.77 bits per heavy atom. The van der Waals surface area contributed by atoms with E-state index in [4.69, 9.17) is 16.3 Å². The average Bonchev–Trinajstić information content (AvgIpc) is 2.99. The molecule has 0 aliphatic heterocycles. The Bertz CT molecular complexity index is 515. The van der Waals surface area contributed by atoms with Gasteiger partial charge in [-0.15, -0.1) is 0 Å². The van der Waals surface area contributed by atoms with E-state index in [9.17, 15) is 4.79 Å². The molecule has 22 heavy (non-hydrogen) atoms. The summed E-state index contributed by atoms with van der Waals surface area (Å²) >= 11 is 6.07. The Kier molecular flexibility index (Phi) is 6.09. The van der Waals surface area contributed by atoms with Crippen LogP contribution >= 0.6 is 11.6 Å². The fraction of sp³-hybridized carbons (Fsp3) is 0.588. The number of hydrogen-bond donors (Lipinski definition) is 2. The number of nitrogens with one attached hydrogen (secondary N) is 2. The first-order valence-corrected chi connectivity index (χ1v) is 8.34. The Morgan fingerprint density at radius 1 is 1.45 bits per heavy atom. The van der Waals surface area contributed by atoms with E-state index >= 15 is 0 Å². The summed E-state index contributed by atoms with van der Waals surface area (Å²) in [5.74, 6) is 0.942. The molecule has 4 nitrogen and oxygen atoms in total. The lowest BCUT2D eigenvalue weighted by Gasteiger charge is -2.23. The van der Waals surface area contributed by atoms with E-state index in [2.05, 4.69) is 5.32 Å². The van der Waals surface area contributed by atoms with Crippen LogP contribution in [0.15, 0.2) is 18.2 Å². The zero-order chi connectivity index (χ0) is 16.1. The molecule has 2 atom stereocenters. The first-order chi connectivity index (χ1) is 10.5. The summed E-state index contributed by atoms with van der Waals surface area (Å²) in [4.78, 5) is 13.5. The number of benzene rings is 1. The van der Waals surface area contributed by atoms with E-state index in [0.717, 1.165) is 29.1 Å². The number of methoxy groups -OCH3 is 1. The van der Waals surface area contributed by atoms with Crippen molar-refractivity contribution < 1.29 is 14.4 Å². The number of ether oxygens (including phenoxy) is 1. The van der Waals surface area contributed by atoms with Crippen LogP contribution in [0.2, 0.25) is 5.02 Å². The summed E-state index contributed by atoms with van der Waals surface area (Å²) in [5.41, 5.74) is 1.02. The summed E-state index contributed by atoms with van der Waals surface area (Å²) in [6.45, 7) is 2.67. The molecule has 122 valence electrons. The monoisotopic (exact) mass is 325 g/mol. The predicted molar refractivity (Wildman–Crippen MR) is 88.5 cm³/mol. The molecule has 0 aromatic heterocycles. The largest absolute Gasteiger partial charge is 0.496 e. The second kappa shape index (κ2) is 7.84. The molecule has 1 aliphatic rings. The number of hydrogen-bond acceptors (Lipinski definition) is 2. The standard InChI is InChI=1S/C17H25ClN2O2/c1-12(17(21)19-15-6-4-5-7-15)20(2)11-13-10-14(18)8-9-16(13)22-3/h8-10,12,15H,4-7,11H2,1-3H3,(H,19,21)/p+1/t12-/m0/s1. The number of carbonyl (C=O) groups excluding carboxylic acids is 1. The third kappa shape index (κ3) is 4.37. The van der Waals surface area contributed by atoms with Gasteiger partial charge in [-0.25, -0.2) is 0 Å². The molecule has 1 saturated carbocycles. The van der Waals surface area contributed by atoms with Gasteiger partial charge in [0.25, 0.3) is 5.91 Å². The van der Waals surface area contributed by atoms with Gasteiger partial charge in [-0.05, 0) is 38.0 Å². The van der Waals surface area contributed by atoms with Crippen LogP contribution in [0.5, 0.6) is 5.75 Å². The smallest absolute Gasteiger partial charge is 0.278 e. The zero-order valence-electron chi connectivity index (χ0n) is 13.6. The van der Waals surface area contributed by atoms with Crippen LogP contribution in [0.25, 0.3) is 0 Å². The van der Waals surface area contributed by atoms with E-state index < -0.39 is 0 Å². The molecule has 1 aromatic carbocycles. The molecule has 1 fully saturated rings. The summed E-state index contributed by atoms with van der Waals surface area (Å²) < 4.78 is 5.38. The first kappa shape index (κ1) is 17.1. The molecule has 2 N–H and O–H groups in total. The quantitative estimate of drug-likeness (QED) is 0.837. The molecule has 0 saturated heterocycles. The van der Waals surface area contributed by atoms with Crippen LogP contribution < -0.4 is 15.0 Å². The Hall–Kier alpha value is -1.26. The molecule has 5 heteroatoms. The molecule has 1 aromatic rings. The van der Waals surface area contributed by atoms with Gasteiger partial charge in [-0.2, -0.15) is 0 Å². The van der Waals surface area contributed by atoms with Crippen molar-refractivity contribution in [2.75, 3.05) is 14.2 Å². The third-order valence-corrected chi connectivity index (χ3v) is 4.78. The number of amides is 1. The van der Waals surface area contributed by atoms with Gasteiger partial charge >= 0.3 is 0 Å². The second-order valence-corrected chi connectivity index (χ2v) is 6.63. The Labute approximate surface area is 137 Å². The van der Waals surface area contributed by atoms with E-state index in [0.29, 0.717) is 17.6 Å². The summed E-state index contributed by atoms with van der Waals surface area (Å²) in [6, 6.07) is 5.85. The molecular weight excluding hydrogens is 300 g/mol. The predicted octanol–water partition coefficient (Wildman–Crippen LogP) is 1.81. The van der Waals surface area contributed by atoms with Gasteiger partial charge in [0, 0.05) is 16.6 Å². The van der Waals surface area contributed by atoms with E-state index in [-0.39, 0.29) is 11.9 Å². The minimum absolute atomic E-state index is 0.107. The lowest BCUT2D eigenvalue weighted by atomic mass is 10.1. The van der Waals surface area contributed by atoms with Gasteiger partial charge in [0.15, 0.2) is 6.04 Å². The molecular formula is C17H26ClN2O2+. The van der Waals surface area contributed by atoms with Crippen LogP contribution in [0.1, 0.15) is 38.2 Å². The maximum Gasteiger partial charge on any atom is 0.278 e. The topological polar surface area (TPSA) is 42.8 Å². The first-order valence-electron chi connectivity index (χ1n) is 7.96. The fourth-order valence-electron chi connectivity index (χ4n) is 2.96. The van der Waals surface area contributed by atoms with Crippen molar-refractivity contribution in [3.8, 4) is 5.75 Å². The zero-order valence-corrected chi connectivity index (χ0v) is 14.4. The lowest BCUT2D eigenvalue weighted by Crippen LogP contribution is -3.12. The van der Waals surface area contributed by atoms with Crippen molar-refractivity contribution in [1.29, 1.82) is 0 Å². The van der Waals surface area contributed by atoms with Gasteiger partial charge in [-0.1, -0.05) is 24.4 Å². The number of rotatable bonds is 6. The van der Waals surface area contributed by atoms with E-state index in [1.165, 1.54) is 12.8 Å². The van der Waals surface area contributed by atoms with Crippen LogP contribution in [0.3, 0.4) is 0 Å². The number of quaternary nitrogens is 1. The molecule has 1 unspecified atom stereocenters. The van der Waals surface area contributed by atoms with Gasteiger partial charge in [-0.3, -0.25) is 4.79 Å². The maximum atomic E-state index is 12.4. The summed E-state index contributed by atoms with van der Waals surface area (Å²) in [6.07, 6.45) is 4.67. The molecule has 0 bridgehead atoms.